The predicted molar refractivity (Wildman–Crippen MR) is 146 cm³/mol. The Labute approximate surface area is 232 Å². The summed E-state index contributed by atoms with van der Waals surface area (Å²) in [4.78, 5) is 25.6. The number of benzene rings is 1. The van der Waals surface area contributed by atoms with Crippen LogP contribution >= 0.6 is 11.6 Å². The number of ether oxygens (including phenoxy) is 1. The molecule has 6 rings (SSSR count). The third-order valence-corrected chi connectivity index (χ3v) is 8.81. The second-order valence-electron chi connectivity index (χ2n) is 11.1. The summed E-state index contributed by atoms with van der Waals surface area (Å²) in [5.74, 6) is 2.99. The molecule has 1 aliphatic carbocycles. The minimum atomic E-state index is -0.390. The summed E-state index contributed by atoms with van der Waals surface area (Å²) >= 11 is 5.90. The average Bonchev–Trinajstić information content (AvgIpc) is 3.63. The molecule has 1 amide bonds. The zero-order valence-electron chi connectivity index (χ0n) is 22.2. The van der Waals surface area contributed by atoms with Crippen LogP contribution in [-0.4, -0.2) is 57.2 Å². The van der Waals surface area contributed by atoms with Crippen LogP contribution in [0.1, 0.15) is 48.2 Å². The number of amides is 1. The molecule has 3 aliphatic rings. The van der Waals surface area contributed by atoms with E-state index in [4.69, 9.17) is 16.3 Å². The molecule has 3 aromatic rings. The van der Waals surface area contributed by atoms with Gasteiger partial charge in [0.05, 0.1) is 36.1 Å². The smallest absolute Gasteiger partial charge is 0.227 e. The first-order valence-electron chi connectivity index (χ1n) is 13.9. The number of carbonyl (C=O) groups is 1. The predicted octanol–water partition coefficient (Wildman–Crippen LogP) is 4.75. The standard InChI is InChI=1S/C29H34ClFN6O2/c1-18-25-17-37(10-6-27(25)35-34-18)28(38)13-21-2-3-23(14-26(21)31)39-11-7-20-12-24(20)19-4-8-36(9-5-19)29-32-15-22(30)16-33-29/h2-3,14-16,19-20,24H,4-13,17H2,1H3,(H,34,35)/t20-,24-/m1/s1. The number of nitrogens with one attached hydrogen (secondary N) is 1. The van der Waals surface area contributed by atoms with Gasteiger partial charge in [0.2, 0.25) is 11.9 Å². The number of H-pyrrole nitrogens is 1. The number of anilines is 1. The minimum absolute atomic E-state index is 0.0467. The molecular weight excluding hydrogens is 519 g/mol. The van der Waals surface area contributed by atoms with Crippen molar-refractivity contribution in [2.45, 2.75) is 52.0 Å². The molecule has 39 heavy (non-hydrogen) atoms. The number of carbonyl (C=O) groups excluding carboxylic acids is 1. The zero-order chi connectivity index (χ0) is 26.9. The molecule has 206 valence electrons. The number of aryl methyl sites for hydroxylation is 1. The normalized spacial score (nSPS) is 21.1. The molecule has 1 saturated carbocycles. The van der Waals surface area contributed by atoms with Crippen LogP contribution in [0.15, 0.2) is 30.6 Å². The second-order valence-corrected chi connectivity index (χ2v) is 11.5. The lowest BCUT2D eigenvalue weighted by Gasteiger charge is -2.32. The summed E-state index contributed by atoms with van der Waals surface area (Å²) < 4.78 is 20.7. The lowest BCUT2D eigenvalue weighted by Crippen LogP contribution is -2.37. The van der Waals surface area contributed by atoms with Gasteiger partial charge in [-0.25, -0.2) is 14.4 Å². The molecule has 0 radical (unpaired) electrons. The molecule has 2 fully saturated rings. The number of rotatable bonds is 8. The average molecular weight is 553 g/mol. The maximum absolute atomic E-state index is 14.8. The third-order valence-electron chi connectivity index (χ3n) is 8.62. The number of aromatic amines is 1. The van der Waals surface area contributed by atoms with Crippen LogP contribution in [0.4, 0.5) is 10.3 Å². The van der Waals surface area contributed by atoms with E-state index in [9.17, 15) is 9.18 Å². The summed E-state index contributed by atoms with van der Waals surface area (Å²) in [5, 5.41) is 7.84. The first kappa shape index (κ1) is 26.0. The summed E-state index contributed by atoms with van der Waals surface area (Å²) in [5.41, 5.74) is 3.49. The van der Waals surface area contributed by atoms with Crippen molar-refractivity contribution in [2.75, 3.05) is 31.1 Å². The van der Waals surface area contributed by atoms with Crippen molar-refractivity contribution in [2.24, 2.45) is 17.8 Å². The highest BCUT2D eigenvalue weighted by Gasteiger charge is 2.43. The van der Waals surface area contributed by atoms with E-state index in [1.807, 2.05) is 6.92 Å². The Balaban J connectivity index is 0.926. The molecule has 1 aromatic carbocycles. The molecular formula is C29H34ClFN6O2. The quantitative estimate of drug-likeness (QED) is 0.434. The zero-order valence-corrected chi connectivity index (χ0v) is 23.0. The van der Waals surface area contributed by atoms with Gasteiger partial charge in [0.25, 0.3) is 0 Å². The molecule has 2 aliphatic heterocycles. The van der Waals surface area contributed by atoms with Gasteiger partial charge < -0.3 is 14.5 Å². The molecule has 8 nitrogen and oxygen atoms in total. The van der Waals surface area contributed by atoms with E-state index in [0.717, 1.165) is 73.5 Å². The Kier molecular flexibility index (Phi) is 7.42. The lowest BCUT2D eigenvalue weighted by molar-refractivity contribution is -0.131. The summed E-state index contributed by atoms with van der Waals surface area (Å²) in [6.07, 6.45) is 8.61. The molecule has 0 bridgehead atoms. The van der Waals surface area contributed by atoms with Gasteiger partial charge in [0.1, 0.15) is 11.6 Å². The number of halogens is 2. The van der Waals surface area contributed by atoms with Crippen LogP contribution in [0.5, 0.6) is 5.75 Å². The van der Waals surface area contributed by atoms with E-state index >= 15 is 0 Å². The Morgan fingerprint density at radius 2 is 2.00 bits per heavy atom. The van der Waals surface area contributed by atoms with Crippen LogP contribution in [0.2, 0.25) is 5.02 Å². The third kappa shape index (κ3) is 5.88. The maximum atomic E-state index is 14.8. The highest BCUT2D eigenvalue weighted by atomic mass is 35.5. The Bertz CT molecular complexity index is 1320. The lowest BCUT2D eigenvalue weighted by atomic mass is 9.90. The monoisotopic (exact) mass is 552 g/mol. The van der Waals surface area contributed by atoms with Crippen molar-refractivity contribution in [3.8, 4) is 5.75 Å². The van der Waals surface area contributed by atoms with Crippen LogP contribution in [-0.2, 0) is 24.2 Å². The van der Waals surface area contributed by atoms with Crippen molar-refractivity contribution in [1.82, 2.24) is 25.1 Å². The number of nitrogens with zero attached hydrogens (tertiary/aromatic N) is 5. The highest BCUT2D eigenvalue weighted by molar-refractivity contribution is 6.30. The summed E-state index contributed by atoms with van der Waals surface area (Å²) in [6.45, 7) is 5.62. The Morgan fingerprint density at radius 3 is 2.77 bits per heavy atom. The van der Waals surface area contributed by atoms with Gasteiger partial charge in [-0.2, -0.15) is 5.10 Å². The van der Waals surface area contributed by atoms with Gasteiger partial charge >= 0.3 is 0 Å². The molecule has 2 aromatic heterocycles. The van der Waals surface area contributed by atoms with Crippen molar-refractivity contribution in [3.63, 3.8) is 0 Å². The fourth-order valence-electron chi connectivity index (χ4n) is 6.18. The fraction of sp³-hybridized carbons (Fsp3) is 0.517. The van der Waals surface area contributed by atoms with Gasteiger partial charge in [-0.15, -0.1) is 0 Å². The van der Waals surface area contributed by atoms with E-state index in [-0.39, 0.29) is 12.3 Å². The van der Waals surface area contributed by atoms with Crippen LogP contribution in [0, 0.1) is 30.5 Å². The second kappa shape index (κ2) is 11.1. The van der Waals surface area contributed by atoms with Crippen LogP contribution in [0.3, 0.4) is 0 Å². The van der Waals surface area contributed by atoms with E-state index in [0.29, 0.717) is 41.9 Å². The first-order chi connectivity index (χ1) is 18.9. The number of hydrogen-bond acceptors (Lipinski definition) is 6. The van der Waals surface area contributed by atoms with Crippen LogP contribution < -0.4 is 9.64 Å². The van der Waals surface area contributed by atoms with Crippen molar-refractivity contribution in [1.29, 1.82) is 0 Å². The van der Waals surface area contributed by atoms with Crippen LogP contribution in [0.25, 0.3) is 0 Å². The first-order valence-corrected chi connectivity index (χ1v) is 14.3. The van der Waals surface area contributed by atoms with Gasteiger partial charge in [0.15, 0.2) is 0 Å². The van der Waals surface area contributed by atoms with Gasteiger partial charge in [-0.1, -0.05) is 17.7 Å². The topological polar surface area (TPSA) is 87.2 Å². The summed E-state index contributed by atoms with van der Waals surface area (Å²) in [6, 6.07) is 4.87. The van der Waals surface area contributed by atoms with Crippen molar-refractivity contribution >= 4 is 23.5 Å². The molecule has 1 N–H and O–H groups in total. The molecule has 0 unspecified atom stereocenters. The molecule has 1 saturated heterocycles. The van der Waals surface area contributed by atoms with E-state index in [1.54, 1.807) is 29.4 Å². The number of fused-ring (bicyclic) bond motifs is 1. The number of aromatic nitrogens is 4. The summed E-state index contributed by atoms with van der Waals surface area (Å²) in [7, 11) is 0. The number of hydrogen-bond donors (Lipinski definition) is 1. The highest BCUT2D eigenvalue weighted by Crippen LogP contribution is 2.49. The molecule has 2 atom stereocenters. The Hall–Kier alpha value is -3.20. The van der Waals surface area contributed by atoms with Crippen molar-refractivity contribution in [3.05, 3.63) is 63.9 Å². The van der Waals surface area contributed by atoms with Gasteiger partial charge in [-0.3, -0.25) is 9.89 Å². The minimum Gasteiger partial charge on any atom is -0.493 e. The molecule has 0 spiro atoms. The SMILES string of the molecule is Cc1[nH]nc2c1CN(C(=O)Cc1ccc(OCC[C@@H]3C[C@@H]3C3CCN(c4ncc(Cl)cn4)CC3)cc1F)CC2. The van der Waals surface area contributed by atoms with E-state index in [1.165, 1.54) is 12.5 Å². The molecule has 4 heterocycles. The molecule has 10 heteroatoms. The van der Waals surface area contributed by atoms with E-state index < -0.39 is 5.82 Å². The van der Waals surface area contributed by atoms with Gasteiger partial charge in [-0.05, 0) is 62.0 Å². The number of piperidine rings is 1. The van der Waals surface area contributed by atoms with Gasteiger partial charge in [0, 0.05) is 49.9 Å². The maximum Gasteiger partial charge on any atom is 0.227 e. The Morgan fingerprint density at radius 1 is 1.21 bits per heavy atom. The fourth-order valence-corrected chi connectivity index (χ4v) is 6.28. The van der Waals surface area contributed by atoms with Crippen molar-refractivity contribution < 1.29 is 13.9 Å². The van der Waals surface area contributed by atoms with E-state index in [2.05, 4.69) is 25.1 Å². The largest absolute Gasteiger partial charge is 0.493 e.